The standard InChI is InChI=1S/C8H8ClFS/c1-6-2-3-7(5-11-9)4-8(6)10/h2-4H,5H2,1H3. The third kappa shape index (κ3) is 2.38. The van der Waals surface area contributed by atoms with Crippen LogP contribution in [0.3, 0.4) is 0 Å². The molecule has 0 spiro atoms. The van der Waals surface area contributed by atoms with E-state index >= 15 is 0 Å². The minimum Gasteiger partial charge on any atom is -0.207 e. The van der Waals surface area contributed by atoms with Gasteiger partial charge in [-0.05, 0) is 34.8 Å². The molecule has 0 unspecified atom stereocenters. The highest BCUT2D eigenvalue weighted by Gasteiger charge is 1.98. The van der Waals surface area contributed by atoms with Crippen LogP contribution in [0.25, 0.3) is 0 Å². The Bertz CT molecular complexity index is 250. The lowest BCUT2D eigenvalue weighted by atomic mass is 10.2. The Morgan fingerprint density at radius 3 is 2.82 bits per heavy atom. The molecule has 0 nitrogen and oxygen atoms in total. The Morgan fingerprint density at radius 2 is 2.27 bits per heavy atom. The van der Waals surface area contributed by atoms with Gasteiger partial charge in [-0.2, -0.15) is 0 Å². The Kier molecular flexibility index (Phi) is 3.21. The number of benzene rings is 1. The first-order valence-corrected chi connectivity index (χ1v) is 5.04. The lowest BCUT2D eigenvalue weighted by Crippen LogP contribution is -1.84. The first-order chi connectivity index (χ1) is 5.24. The van der Waals surface area contributed by atoms with E-state index < -0.39 is 0 Å². The van der Waals surface area contributed by atoms with Gasteiger partial charge >= 0.3 is 0 Å². The fourth-order valence-corrected chi connectivity index (χ4v) is 1.47. The van der Waals surface area contributed by atoms with Crippen molar-refractivity contribution in [2.45, 2.75) is 12.7 Å². The van der Waals surface area contributed by atoms with Crippen molar-refractivity contribution in [1.29, 1.82) is 0 Å². The quantitative estimate of drug-likeness (QED) is 0.688. The third-order valence-corrected chi connectivity index (χ3v) is 2.23. The van der Waals surface area contributed by atoms with Crippen LogP contribution in [0.2, 0.25) is 0 Å². The van der Waals surface area contributed by atoms with Gasteiger partial charge in [0.15, 0.2) is 0 Å². The fraction of sp³-hybridized carbons (Fsp3) is 0.250. The van der Waals surface area contributed by atoms with Crippen LogP contribution in [-0.2, 0) is 5.75 Å². The van der Waals surface area contributed by atoms with Crippen molar-refractivity contribution in [1.82, 2.24) is 0 Å². The summed E-state index contributed by atoms with van der Waals surface area (Å²) in [7, 11) is 6.60. The topological polar surface area (TPSA) is 0 Å². The van der Waals surface area contributed by atoms with Gasteiger partial charge in [0.05, 0.1) is 0 Å². The smallest absolute Gasteiger partial charge is 0.126 e. The van der Waals surface area contributed by atoms with Crippen molar-refractivity contribution in [2.24, 2.45) is 0 Å². The molecule has 0 saturated carbocycles. The van der Waals surface area contributed by atoms with Crippen molar-refractivity contribution in [3.8, 4) is 0 Å². The van der Waals surface area contributed by atoms with E-state index in [1.54, 1.807) is 13.0 Å². The molecule has 0 atom stereocenters. The van der Waals surface area contributed by atoms with E-state index in [4.69, 9.17) is 10.7 Å². The second-order valence-corrected chi connectivity index (χ2v) is 3.50. The number of halogens is 2. The maximum atomic E-state index is 12.9. The molecule has 0 N–H and O–H groups in total. The average molecular weight is 191 g/mol. The van der Waals surface area contributed by atoms with Gasteiger partial charge in [-0.1, -0.05) is 23.1 Å². The maximum absolute atomic E-state index is 12.9. The number of rotatable bonds is 2. The van der Waals surface area contributed by atoms with Crippen molar-refractivity contribution < 1.29 is 4.39 Å². The highest BCUT2D eigenvalue weighted by Crippen LogP contribution is 2.17. The molecule has 0 aliphatic heterocycles. The molecule has 3 heteroatoms. The van der Waals surface area contributed by atoms with Gasteiger partial charge in [-0.25, -0.2) is 4.39 Å². The summed E-state index contributed by atoms with van der Waals surface area (Å²) in [6.07, 6.45) is 0. The molecule has 0 saturated heterocycles. The van der Waals surface area contributed by atoms with E-state index in [-0.39, 0.29) is 5.82 Å². The van der Waals surface area contributed by atoms with Gasteiger partial charge in [-0.15, -0.1) is 0 Å². The molecule has 1 aromatic rings. The zero-order chi connectivity index (χ0) is 8.27. The van der Waals surface area contributed by atoms with Crippen LogP contribution in [0.5, 0.6) is 0 Å². The van der Waals surface area contributed by atoms with Crippen LogP contribution in [0, 0.1) is 12.7 Å². The normalized spacial score (nSPS) is 10.1. The Morgan fingerprint density at radius 1 is 1.55 bits per heavy atom. The molecule has 0 fully saturated rings. The van der Waals surface area contributed by atoms with Gasteiger partial charge in [0, 0.05) is 5.75 Å². The van der Waals surface area contributed by atoms with Crippen LogP contribution >= 0.6 is 21.7 Å². The molecule has 0 amide bonds. The molecule has 0 aromatic heterocycles. The van der Waals surface area contributed by atoms with Gasteiger partial charge in [0.2, 0.25) is 0 Å². The average Bonchev–Trinajstić information content (AvgIpc) is 1.98. The van der Waals surface area contributed by atoms with Crippen LogP contribution in [0.15, 0.2) is 18.2 Å². The highest BCUT2D eigenvalue weighted by atomic mass is 35.7. The molecular formula is C8H8ClFS. The molecule has 60 valence electrons. The van der Waals surface area contributed by atoms with Crippen LogP contribution in [0.1, 0.15) is 11.1 Å². The van der Waals surface area contributed by atoms with Crippen molar-refractivity contribution in [3.05, 3.63) is 35.1 Å². The van der Waals surface area contributed by atoms with Crippen LogP contribution < -0.4 is 0 Å². The maximum Gasteiger partial charge on any atom is 0.126 e. The van der Waals surface area contributed by atoms with Gasteiger partial charge < -0.3 is 0 Å². The Labute approximate surface area is 74.3 Å². The monoisotopic (exact) mass is 190 g/mol. The first kappa shape index (κ1) is 8.88. The SMILES string of the molecule is Cc1ccc(CSCl)cc1F. The van der Waals surface area contributed by atoms with Gasteiger partial charge in [0.1, 0.15) is 5.82 Å². The molecule has 0 aliphatic rings. The van der Waals surface area contributed by atoms with E-state index in [1.807, 2.05) is 6.07 Å². The van der Waals surface area contributed by atoms with Crippen LogP contribution in [-0.4, -0.2) is 0 Å². The summed E-state index contributed by atoms with van der Waals surface area (Å²) in [6, 6.07) is 5.16. The lowest BCUT2D eigenvalue weighted by molar-refractivity contribution is 0.617. The Hall–Kier alpha value is -0.210. The summed E-state index contributed by atoms with van der Waals surface area (Å²) in [5.41, 5.74) is 1.60. The summed E-state index contributed by atoms with van der Waals surface area (Å²) in [5.74, 6) is 0.492. The van der Waals surface area contributed by atoms with E-state index in [9.17, 15) is 4.39 Å². The molecule has 0 bridgehead atoms. The van der Waals surface area contributed by atoms with Crippen molar-refractivity contribution in [3.63, 3.8) is 0 Å². The Balaban J connectivity index is 2.86. The zero-order valence-electron chi connectivity index (χ0n) is 6.10. The summed E-state index contributed by atoms with van der Waals surface area (Å²) in [5, 5.41) is 0. The van der Waals surface area contributed by atoms with Gasteiger partial charge in [0.25, 0.3) is 0 Å². The number of hydrogen-bond donors (Lipinski definition) is 0. The largest absolute Gasteiger partial charge is 0.207 e. The number of hydrogen-bond acceptors (Lipinski definition) is 1. The van der Waals surface area contributed by atoms with Crippen LogP contribution in [0.4, 0.5) is 4.39 Å². The second kappa shape index (κ2) is 3.98. The molecule has 0 heterocycles. The molecule has 0 radical (unpaired) electrons. The van der Waals surface area contributed by atoms with E-state index in [1.165, 1.54) is 17.0 Å². The first-order valence-electron chi connectivity index (χ1n) is 3.22. The van der Waals surface area contributed by atoms with Crippen molar-refractivity contribution >= 4 is 21.7 Å². The number of aryl methyl sites for hydroxylation is 1. The molecule has 11 heavy (non-hydrogen) atoms. The molecule has 1 rings (SSSR count). The second-order valence-electron chi connectivity index (χ2n) is 2.34. The van der Waals surface area contributed by atoms with Gasteiger partial charge in [-0.3, -0.25) is 0 Å². The third-order valence-electron chi connectivity index (χ3n) is 1.46. The molecular weight excluding hydrogens is 183 g/mol. The summed E-state index contributed by atoms with van der Waals surface area (Å²) in [4.78, 5) is 0. The summed E-state index contributed by atoms with van der Waals surface area (Å²) >= 11 is 0. The zero-order valence-corrected chi connectivity index (χ0v) is 7.68. The summed E-state index contributed by atoms with van der Waals surface area (Å²) in [6.45, 7) is 1.74. The van der Waals surface area contributed by atoms with E-state index in [0.29, 0.717) is 11.3 Å². The fourth-order valence-electron chi connectivity index (χ4n) is 0.789. The minimum atomic E-state index is -0.159. The lowest BCUT2D eigenvalue weighted by Gasteiger charge is -1.99. The molecule has 1 aromatic carbocycles. The van der Waals surface area contributed by atoms with Crippen molar-refractivity contribution in [2.75, 3.05) is 0 Å². The van der Waals surface area contributed by atoms with E-state index in [2.05, 4.69) is 0 Å². The predicted molar refractivity (Wildman–Crippen MR) is 48.3 cm³/mol. The highest BCUT2D eigenvalue weighted by molar-refractivity contribution is 8.20. The predicted octanol–water partition coefficient (Wildman–Crippen LogP) is 3.52. The molecule has 0 aliphatic carbocycles. The van der Waals surface area contributed by atoms with E-state index in [0.717, 1.165) is 5.56 Å². The minimum absolute atomic E-state index is 0.159. The summed E-state index contributed by atoms with van der Waals surface area (Å²) < 4.78 is 12.9.